The molecule has 0 aliphatic heterocycles. The zero-order chi connectivity index (χ0) is 26.9. The van der Waals surface area contributed by atoms with Crippen molar-refractivity contribution in [3.05, 3.63) is 116 Å². The summed E-state index contributed by atoms with van der Waals surface area (Å²) < 4.78 is 1.69. The molecule has 0 fully saturated rings. The molecule has 39 heavy (non-hydrogen) atoms. The van der Waals surface area contributed by atoms with E-state index in [2.05, 4.69) is 5.32 Å². The van der Waals surface area contributed by atoms with E-state index in [9.17, 15) is 9.59 Å². The van der Waals surface area contributed by atoms with Gasteiger partial charge in [-0.2, -0.15) is 0 Å². The summed E-state index contributed by atoms with van der Waals surface area (Å²) in [5.74, 6) is -0.153. The van der Waals surface area contributed by atoms with Gasteiger partial charge in [0.05, 0.1) is 11.1 Å². The molecule has 0 saturated heterocycles. The van der Waals surface area contributed by atoms with Crippen molar-refractivity contribution in [2.75, 3.05) is 5.32 Å². The Morgan fingerprint density at radius 2 is 1.69 bits per heavy atom. The molecular weight excluding hydrogens is 523 g/mol. The van der Waals surface area contributed by atoms with Gasteiger partial charge in [-0.25, -0.2) is 4.98 Å². The number of nitrogens with zero attached hydrogens (tertiary/aromatic N) is 2. The lowest BCUT2D eigenvalue weighted by molar-refractivity contribution is -0.115. The number of aromatic nitrogens is 2. The first kappa shape index (κ1) is 25.6. The molecule has 0 unspecified atom stereocenters. The fourth-order valence-corrected chi connectivity index (χ4v) is 7.56. The fourth-order valence-electron chi connectivity index (χ4n) is 5.15. The molecule has 1 amide bonds. The van der Waals surface area contributed by atoms with Crippen LogP contribution in [-0.2, 0) is 17.6 Å². The Bertz CT molecular complexity index is 1730. The average molecular weight is 552 g/mol. The summed E-state index contributed by atoms with van der Waals surface area (Å²) in [6, 6.07) is 25.4. The smallest absolute Gasteiger partial charge is 0.267 e. The van der Waals surface area contributed by atoms with Crippen LogP contribution in [0.25, 0.3) is 15.9 Å². The van der Waals surface area contributed by atoms with Gasteiger partial charge in [0.25, 0.3) is 5.56 Å². The predicted molar refractivity (Wildman–Crippen MR) is 161 cm³/mol. The summed E-state index contributed by atoms with van der Waals surface area (Å²) in [7, 11) is 0. The average Bonchev–Trinajstić information content (AvgIpc) is 3.33. The van der Waals surface area contributed by atoms with Crippen LogP contribution in [0.15, 0.2) is 88.8 Å². The van der Waals surface area contributed by atoms with Crippen LogP contribution in [0, 0.1) is 13.8 Å². The standard InChI is InChI=1S/C32H29N3O2S2/c1-20-17-18-21(2)25(19-20)33-29(36)28(22-11-5-3-6-12-22)39-32-34-30-27(24-15-9-10-16-26(24)38-30)31(37)35(32)23-13-7-4-8-14-23/h3-8,11-14,17-19,28H,9-10,15-16H2,1-2H3,(H,33,36)/t28-/m0/s1. The van der Waals surface area contributed by atoms with Gasteiger partial charge in [-0.1, -0.05) is 72.4 Å². The number of rotatable bonds is 6. The predicted octanol–water partition coefficient (Wildman–Crippen LogP) is 7.41. The maximum absolute atomic E-state index is 14.2. The number of hydrogen-bond acceptors (Lipinski definition) is 5. The highest BCUT2D eigenvalue weighted by Crippen LogP contribution is 2.39. The van der Waals surface area contributed by atoms with Gasteiger partial charge in [-0.05, 0) is 80.0 Å². The second-order valence-electron chi connectivity index (χ2n) is 9.98. The molecule has 196 valence electrons. The summed E-state index contributed by atoms with van der Waals surface area (Å²) in [4.78, 5) is 35.2. The van der Waals surface area contributed by atoms with E-state index in [1.165, 1.54) is 16.6 Å². The van der Waals surface area contributed by atoms with E-state index in [4.69, 9.17) is 4.98 Å². The largest absolute Gasteiger partial charge is 0.325 e. The van der Waals surface area contributed by atoms with Crippen molar-refractivity contribution in [3.8, 4) is 5.69 Å². The summed E-state index contributed by atoms with van der Waals surface area (Å²) >= 11 is 2.95. The van der Waals surface area contributed by atoms with Gasteiger partial charge in [0.2, 0.25) is 5.91 Å². The van der Waals surface area contributed by atoms with Crippen LogP contribution in [-0.4, -0.2) is 15.5 Å². The minimum atomic E-state index is -0.611. The van der Waals surface area contributed by atoms with Crippen LogP contribution < -0.4 is 10.9 Å². The minimum Gasteiger partial charge on any atom is -0.325 e. The maximum Gasteiger partial charge on any atom is 0.267 e. The van der Waals surface area contributed by atoms with Crippen LogP contribution in [0.5, 0.6) is 0 Å². The van der Waals surface area contributed by atoms with E-state index in [-0.39, 0.29) is 11.5 Å². The Balaban J connectivity index is 1.49. The number of amides is 1. The monoisotopic (exact) mass is 551 g/mol. The van der Waals surface area contributed by atoms with Crippen LogP contribution >= 0.6 is 23.1 Å². The Morgan fingerprint density at radius 1 is 0.974 bits per heavy atom. The molecule has 1 aliphatic carbocycles. The molecule has 5 nitrogen and oxygen atoms in total. The molecule has 0 saturated carbocycles. The molecule has 7 heteroatoms. The van der Waals surface area contributed by atoms with Gasteiger partial charge in [0, 0.05) is 10.6 Å². The Hall–Kier alpha value is -3.68. The molecule has 2 heterocycles. The lowest BCUT2D eigenvalue weighted by Crippen LogP contribution is -2.24. The van der Waals surface area contributed by atoms with Gasteiger partial charge in [-0.15, -0.1) is 11.3 Å². The third-order valence-corrected chi connectivity index (χ3v) is 9.58. The first-order valence-corrected chi connectivity index (χ1v) is 14.9. The zero-order valence-corrected chi connectivity index (χ0v) is 23.6. The van der Waals surface area contributed by atoms with Crippen LogP contribution in [0.1, 0.15) is 45.2 Å². The van der Waals surface area contributed by atoms with E-state index in [1.807, 2.05) is 92.7 Å². The van der Waals surface area contributed by atoms with Crippen LogP contribution in [0.2, 0.25) is 0 Å². The second kappa shape index (κ2) is 10.8. The number of nitrogens with one attached hydrogen (secondary N) is 1. The number of para-hydroxylation sites is 1. The number of fused-ring (bicyclic) bond motifs is 3. The molecule has 3 aromatic carbocycles. The second-order valence-corrected chi connectivity index (χ2v) is 12.1. The molecule has 0 bridgehead atoms. The normalized spacial score (nSPS) is 13.7. The number of thiophene rings is 1. The third-order valence-electron chi connectivity index (χ3n) is 7.19. The molecule has 2 aromatic heterocycles. The van der Waals surface area contributed by atoms with Gasteiger partial charge in [-0.3, -0.25) is 14.2 Å². The van der Waals surface area contributed by atoms with E-state index in [0.29, 0.717) is 5.16 Å². The molecule has 0 radical (unpaired) electrons. The summed E-state index contributed by atoms with van der Waals surface area (Å²) in [6.45, 7) is 4.00. The quantitative estimate of drug-likeness (QED) is 0.176. The Morgan fingerprint density at radius 3 is 2.46 bits per heavy atom. The number of carbonyl (C=O) groups is 1. The number of anilines is 1. The van der Waals surface area contributed by atoms with E-state index < -0.39 is 5.25 Å². The number of thioether (sulfide) groups is 1. The van der Waals surface area contributed by atoms with Gasteiger partial charge >= 0.3 is 0 Å². The van der Waals surface area contributed by atoms with Crippen LogP contribution in [0.4, 0.5) is 5.69 Å². The highest BCUT2D eigenvalue weighted by atomic mass is 32.2. The van der Waals surface area contributed by atoms with Gasteiger partial charge in [0.15, 0.2) is 5.16 Å². The van der Waals surface area contributed by atoms with Crippen LogP contribution in [0.3, 0.4) is 0 Å². The van der Waals surface area contributed by atoms with Crippen molar-refractivity contribution in [2.24, 2.45) is 0 Å². The maximum atomic E-state index is 14.2. The number of aryl methyl sites for hydroxylation is 4. The molecule has 6 rings (SSSR count). The molecule has 5 aromatic rings. The number of benzene rings is 3. The molecule has 1 atom stereocenters. The number of carbonyl (C=O) groups excluding carboxylic acids is 1. The van der Waals surface area contributed by atoms with Crippen molar-refractivity contribution in [2.45, 2.75) is 49.9 Å². The van der Waals surface area contributed by atoms with Crippen molar-refractivity contribution < 1.29 is 4.79 Å². The molecular formula is C32H29N3O2S2. The minimum absolute atomic E-state index is 0.0603. The summed E-state index contributed by atoms with van der Waals surface area (Å²) in [6.07, 6.45) is 4.14. The lowest BCUT2D eigenvalue weighted by Gasteiger charge is -2.20. The molecule has 1 N–H and O–H groups in total. The van der Waals surface area contributed by atoms with Crippen molar-refractivity contribution in [1.82, 2.24) is 9.55 Å². The first-order chi connectivity index (χ1) is 19.0. The summed E-state index contributed by atoms with van der Waals surface area (Å²) in [5.41, 5.74) is 5.56. The van der Waals surface area contributed by atoms with Crippen molar-refractivity contribution in [3.63, 3.8) is 0 Å². The molecule has 0 spiro atoms. The highest BCUT2D eigenvalue weighted by Gasteiger charge is 2.28. The zero-order valence-electron chi connectivity index (χ0n) is 21.9. The Kier molecular flexibility index (Phi) is 7.11. The number of hydrogen-bond donors (Lipinski definition) is 1. The lowest BCUT2D eigenvalue weighted by atomic mass is 9.97. The highest BCUT2D eigenvalue weighted by molar-refractivity contribution is 8.00. The van der Waals surface area contributed by atoms with Crippen molar-refractivity contribution >= 4 is 44.9 Å². The molecule has 1 aliphatic rings. The van der Waals surface area contributed by atoms with Gasteiger partial charge < -0.3 is 5.32 Å². The SMILES string of the molecule is Cc1ccc(C)c(NC(=O)[C@@H](Sc2nc3sc4c(c3c(=O)n2-c2ccccc2)CCCC4)c2ccccc2)c1. The topological polar surface area (TPSA) is 64.0 Å². The van der Waals surface area contributed by atoms with E-state index >= 15 is 0 Å². The third kappa shape index (κ3) is 5.04. The first-order valence-electron chi connectivity index (χ1n) is 13.2. The van der Waals surface area contributed by atoms with E-state index in [0.717, 1.165) is 69.5 Å². The summed E-state index contributed by atoms with van der Waals surface area (Å²) in [5, 5.41) is 3.79. The fraction of sp³-hybridized carbons (Fsp3) is 0.219. The van der Waals surface area contributed by atoms with Crippen molar-refractivity contribution in [1.29, 1.82) is 0 Å². The van der Waals surface area contributed by atoms with E-state index in [1.54, 1.807) is 15.9 Å². The van der Waals surface area contributed by atoms with Gasteiger partial charge in [0.1, 0.15) is 10.1 Å². The Labute approximate surface area is 235 Å².